The number of aliphatic hydroxyl groups is 1. The highest BCUT2D eigenvalue weighted by atomic mass is 16.5. The number of benzene rings is 1. The maximum Gasteiger partial charge on any atom is 0.346 e. The summed E-state index contributed by atoms with van der Waals surface area (Å²) in [6.07, 6.45) is 3.57. The normalized spacial score (nSPS) is 21.3. The van der Waals surface area contributed by atoms with E-state index in [1.165, 1.54) is 0 Å². The van der Waals surface area contributed by atoms with E-state index in [-0.39, 0.29) is 22.7 Å². The minimum Gasteiger partial charge on any atom is -0.511 e. The lowest BCUT2D eigenvalue weighted by atomic mass is 9.74. The summed E-state index contributed by atoms with van der Waals surface area (Å²) in [5.41, 5.74) is 0.0660. The monoisotopic (exact) mass is 258 g/mol. The van der Waals surface area contributed by atoms with Crippen molar-refractivity contribution in [3.8, 4) is 5.75 Å². The molecule has 1 aromatic rings. The predicted molar refractivity (Wildman–Crippen MR) is 73.8 cm³/mol. The summed E-state index contributed by atoms with van der Waals surface area (Å²) in [6, 6.07) is 8.84. The van der Waals surface area contributed by atoms with Crippen molar-refractivity contribution in [1.82, 2.24) is 0 Å². The van der Waals surface area contributed by atoms with Crippen molar-refractivity contribution in [2.24, 2.45) is 11.3 Å². The molecular formula is C16H18O3. The Morgan fingerprint density at radius 3 is 2.53 bits per heavy atom. The Kier molecular flexibility index (Phi) is 3.47. The van der Waals surface area contributed by atoms with Crippen LogP contribution in [0.25, 0.3) is 0 Å². The van der Waals surface area contributed by atoms with Gasteiger partial charge in [-0.15, -0.1) is 0 Å². The summed E-state index contributed by atoms with van der Waals surface area (Å²) < 4.78 is 5.23. The van der Waals surface area contributed by atoms with Crippen LogP contribution in [-0.4, -0.2) is 11.1 Å². The van der Waals surface area contributed by atoms with Crippen LogP contribution in [0.3, 0.4) is 0 Å². The molecule has 2 rings (SSSR count). The fraction of sp³-hybridized carbons (Fsp3) is 0.312. The lowest BCUT2D eigenvalue weighted by Gasteiger charge is -2.31. The molecule has 0 aliphatic heterocycles. The maximum absolute atomic E-state index is 12.0. The summed E-state index contributed by atoms with van der Waals surface area (Å²) in [5.74, 6) is -0.0785. The van der Waals surface area contributed by atoms with E-state index in [2.05, 4.69) is 0 Å². The summed E-state index contributed by atoms with van der Waals surface area (Å²) >= 11 is 0. The van der Waals surface area contributed by atoms with Crippen LogP contribution >= 0.6 is 0 Å². The van der Waals surface area contributed by atoms with Crippen LogP contribution in [0.1, 0.15) is 20.8 Å². The van der Waals surface area contributed by atoms with Gasteiger partial charge in [0.2, 0.25) is 0 Å². The van der Waals surface area contributed by atoms with Crippen molar-refractivity contribution in [3.63, 3.8) is 0 Å². The lowest BCUT2D eigenvalue weighted by molar-refractivity contribution is -0.130. The third-order valence-corrected chi connectivity index (χ3v) is 3.66. The zero-order valence-corrected chi connectivity index (χ0v) is 11.4. The quantitative estimate of drug-likeness (QED) is 0.650. The Bertz CT molecular complexity index is 538. The second-order valence-electron chi connectivity index (χ2n) is 5.38. The van der Waals surface area contributed by atoms with Gasteiger partial charge in [-0.3, -0.25) is 0 Å². The van der Waals surface area contributed by atoms with Gasteiger partial charge in [0.1, 0.15) is 11.5 Å². The number of aliphatic hydroxyl groups excluding tert-OH is 1. The minimum absolute atomic E-state index is 0.0911. The molecule has 0 heterocycles. The fourth-order valence-corrected chi connectivity index (χ4v) is 1.94. The molecule has 0 saturated carbocycles. The first-order valence-electron chi connectivity index (χ1n) is 6.31. The maximum atomic E-state index is 12.0. The summed E-state index contributed by atoms with van der Waals surface area (Å²) in [4.78, 5) is 12.0. The van der Waals surface area contributed by atoms with Gasteiger partial charge in [0.05, 0.1) is 5.57 Å². The van der Waals surface area contributed by atoms with E-state index in [1.54, 1.807) is 30.3 Å². The number of allylic oxidation sites excluding steroid dienone is 2. The van der Waals surface area contributed by atoms with Gasteiger partial charge in [-0.25, -0.2) is 4.79 Å². The molecule has 0 fully saturated rings. The molecule has 0 radical (unpaired) electrons. The molecule has 1 atom stereocenters. The number of hydrogen-bond acceptors (Lipinski definition) is 3. The van der Waals surface area contributed by atoms with Crippen molar-refractivity contribution in [2.75, 3.05) is 0 Å². The largest absolute Gasteiger partial charge is 0.511 e. The number of para-hydroxylation sites is 1. The summed E-state index contributed by atoms with van der Waals surface area (Å²) in [7, 11) is 0. The molecular weight excluding hydrogens is 240 g/mol. The molecule has 100 valence electrons. The van der Waals surface area contributed by atoms with E-state index >= 15 is 0 Å². The molecule has 0 bridgehead atoms. The predicted octanol–water partition coefficient (Wildman–Crippen LogP) is 3.64. The van der Waals surface area contributed by atoms with Gasteiger partial charge in [0.25, 0.3) is 0 Å². The highest BCUT2D eigenvalue weighted by Crippen LogP contribution is 2.38. The fourth-order valence-electron chi connectivity index (χ4n) is 1.94. The van der Waals surface area contributed by atoms with Crippen molar-refractivity contribution in [2.45, 2.75) is 20.8 Å². The standard InChI is InChI=1S/C16H18O3/c1-11-14(17)13(9-10-16(11,2)3)15(18)19-12-7-5-4-6-8-12/h4-11,17H,1-3H3. The van der Waals surface area contributed by atoms with E-state index in [4.69, 9.17) is 4.74 Å². The summed E-state index contributed by atoms with van der Waals surface area (Å²) in [6.45, 7) is 5.93. The number of rotatable bonds is 2. The first-order chi connectivity index (χ1) is 8.92. The molecule has 0 spiro atoms. The van der Waals surface area contributed by atoms with Gasteiger partial charge in [0.15, 0.2) is 0 Å². The zero-order chi connectivity index (χ0) is 14.0. The van der Waals surface area contributed by atoms with Crippen molar-refractivity contribution >= 4 is 5.97 Å². The topological polar surface area (TPSA) is 46.5 Å². The van der Waals surface area contributed by atoms with Gasteiger partial charge in [-0.05, 0) is 23.6 Å². The van der Waals surface area contributed by atoms with E-state index in [9.17, 15) is 9.90 Å². The minimum atomic E-state index is -0.526. The average molecular weight is 258 g/mol. The molecule has 3 nitrogen and oxygen atoms in total. The molecule has 1 aliphatic carbocycles. The number of ether oxygens (including phenoxy) is 1. The molecule has 1 aliphatic rings. The van der Waals surface area contributed by atoms with Crippen molar-refractivity contribution in [3.05, 3.63) is 53.8 Å². The Labute approximate surface area is 113 Å². The van der Waals surface area contributed by atoms with Crippen LogP contribution in [-0.2, 0) is 4.79 Å². The molecule has 19 heavy (non-hydrogen) atoms. The first kappa shape index (κ1) is 13.4. The highest BCUT2D eigenvalue weighted by molar-refractivity contribution is 5.94. The van der Waals surface area contributed by atoms with Crippen LogP contribution in [0.4, 0.5) is 0 Å². The third kappa shape index (κ3) is 2.70. The number of esters is 1. The van der Waals surface area contributed by atoms with Gasteiger partial charge >= 0.3 is 5.97 Å². The number of carbonyl (C=O) groups is 1. The Hall–Kier alpha value is -2.03. The number of carbonyl (C=O) groups excluding carboxylic acids is 1. The highest BCUT2D eigenvalue weighted by Gasteiger charge is 2.33. The van der Waals surface area contributed by atoms with Crippen LogP contribution in [0, 0.1) is 11.3 Å². The summed E-state index contributed by atoms with van der Waals surface area (Å²) in [5, 5.41) is 10.1. The smallest absolute Gasteiger partial charge is 0.346 e. The molecule has 1 N–H and O–H groups in total. The Morgan fingerprint density at radius 2 is 1.89 bits per heavy atom. The number of hydrogen-bond donors (Lipinski definition) is 1. The van der Waals surface area contributed by atoms with E-state index in [1.807, 2.05) is 32.9 Å². The van der Waals surface area contributed by atoms with Crippen LogP contribution in [0.2, 0.25) is 0 Å². The van der Waals surface area contributed by atoms with E-state index < -0.39 is 5.97 Å². The second-order valence-corrected chi connectivity index (χ2v) is 5.38. The van der Waals surface area contributed by atoms with Crippen molar-refractivity contribution < 1.29 is 14.6 Å². The molecule has 1 unspecified atom stereocenters. The average Bonchev–Trinajstić information content (AvgIpc) is 2.37. The molecule has 3 heteroatoms. The van der Waals surface area contributed by atoms with Crippen LogP contribution < -0.4 is 4.74 Å². The SMILES string of the molecule is CC1C(O)=C(C(=O)Oc2ccccc2)C=CC1(C)C. The lowest BCUT2D eigenvalue weighted by Crippen LogP contribution is -2.27. The third-order valence-electron chi connectivity index (χ3n) is 3.66. The molecule has 0 aromatic heterocycles. The first-order valence-corrected chi connectivity index (χ1v) is 6.31. The van der Waals surface area contributed by atoms with Gasteiger partial charge in [-0.1, -0.05) is 45.0 Å². The van der Waals surface area contributed by atoms with Crippen molar-refractivity contribution in [1.29, 1.82) is 0 Å². The van der Waals surface area contributed by atoms with Gasteiger partial charge < -0.3 is 9.84 Å². The molecule has 1 aromatic carbocycles. The van der Waals surface area contributed by atoms with Gasteiger partial charge in [0, 0.05) is 5.92 Å². The van der Waals surface area contributed by atoms with E-state index in [0.29, 0.717) is 5.75 Å². The van der Waals surface area contributed by atoms with Crippen LogP contribution in [0.15, 0.2) is 53.8 Å². The molecule has 0 saturated heterocycles. The van der Waals surface area contributed by atoms with E-state index in [0.717, 1.165) is 0 Å². The van der Waals surface area contributed by atoms with Gasteiger partial charge in [-0.2, -0.15) is 0 Å². The second kappa shape index (κ2) is 4.92. The Balaban J connectivity index is 2.21. The zero-order valence-electron chi connectivity index (χ0n) is 11.4. The van der Waals surface area contributed by atoms with Crippen LogP contribution in [0.5, 0.6) is 5.75 Å². The Morgan fingerprint density at radius 1 is 1.26 bits per heavy atom. The molecule has 0 amide bonds.